The van der Waals surface area contributed by atoms with Crippen molar-refractivity contribution < 1.29 is 23.1 Å². The lowest BCUT2D eigenvalue weighted by Gasteiger charge is -2.08. The van der Waals surface area contributed by atoms with Crippen molar-refractivity contribution in [2.24, 2.45) is 0 Å². The summed E-state index contributed by atoms with van der Waals surface area (Å²) in [6, 6.07) is 18.4. The number of anilines is 1. The molecule has 2 N–H and O–H groups in total. The van der Waals surface area contributed by atoms with Crippen molar-refractivity contribution in [3.8, 4) is 11.5 Å². The Kier molecular flexibility index (Phi) is 8.00. The molecule has 0 saturated heterocycles. The first-order valence-corrected chi connectivity index (χ1v) is 10.6. The molecule has 0 heterocycles. The van der Waals surface area contributed by atoms with Crippen molar-refractivity contribution in [3.63, 3.8) is 0 Å². The summed E-state index contributed by atoms with van der Waals surface area (Å²) in [6.07, 6.45) is 0. The summed E-state index contributed by atoms with van der Waals surface area (Å²) in [6.45, 7) is 0.345. The molecule has 3 rings (SSSR count). The number of carbonyl (C=O) groups is 2. The highest BCUT2D eigenvalue weighted by Crippen LogP contribution is 2.21. The molecule has 31 heavy (non-hydrogen) atoms. The standard InChI is InChI=1S/C23H20F2N2O3S/c24-17-3-7-19(8-4-17)27-23(29)15-31-14-22(28)26-13-16-1-9-20(10-2-16)30-21-11-5-18(25)6-12-21/h1-12H,13-15H2,(H,26,28)(H,27,29). The van der Waals surface area contributed by atoms with E-state index in [4.69, 9.17) is 4.74 Å². The lowest BCUT2D eigenvalue weighted by Crippen LogP contribution is -2.25. The monoisotopic (exact) mass is 442 g/mol. The van der Waals surface area contributed by atoms with Crippen LogP contribution in [0.1, 0.15) is 5.56 Å². The number of nitrogens with one attached hydrogen (secondary N) is 2. The number of ether oxygens (including phenoxy) is 1. The zero-order valence-corrected chi connectivity index (χ0v) is 17.3. The summed E-state index contributed by atoms with van der Waals surface area (Å²) in [5.74, 6) is 0.229. The molecule has 5 nitrogen and oxygen atoms in total. The lowest BCUT2D eigenvalue weighted by atomic mass is 10.2. The number of benzene rings is 3. The molecule has 160 valence electrons. The fourth-order valence-corrected chi connectivity index (χ4v) is 3.18. The quantitative estimate of drug-likeness (QED) is 0.502. The Bertz CT molecular complexity index is 1010. The number of carbonyl (C=O) groups excluding carboxylic acids is 2. The van der Waals surface area contributed by atoms with E-state index < -0.39 is 0 Å². The van der Waals surface area contributed by atoms with Gasteiger partial charge < -0.3 is 15.4 Å². The molecule has 0 saturated carbocycles. The molecule has 0 radical (unpaired) electrons. The smallest absolute Gasteiger partial charge is 0.234 e. The normalized spacial score (nSPS) is 10.4. The van der Waals surface area contributed by atoms with E-state index >= 15 is 0 Å². The van der Waals surface area contributed by atoms with Crippen LogP contribution in [-0.4, -0.2) is 23.3 Å². The van der Waals surface area contributed by atoms with Crippen molar-refractivity contribution >= 4 is 29.3 Å². The van der Waals surface area contributed by atoms with Crippen LogP contribution in [0.4, 0.5) is 14.5 Å². The zero-order valence-electron chi connectivity index (χ0n) is 16.4. The molecule has 0 bridgehead atoms. The van der Waals surface area contributed by atoms with Crippen molar-refractivity contribution in [2.75, 3.05) is 16.8 Å². The first-order chi connectivity index (χ1) is 15.0. The van der Waals surface area contributed by atoms with Gasteiger partial charge in [-0.2, -0.15) is 0 Å². The van der Waals surface area contributed by atoms with Crippen LogP contribution < -0.4 is 15.4 Å². The van der Waals surface area contributed by atoms with Crippen LogP contribution >= 0.6 is 11.8 Å². The SMILES string of the molecule is O=C(CSCC(=O)Nc1ccc(F)cc1)NCc1ccc(Oc2ccc(F)cc2)cc1. The Balaban J connectivity index is 1.34. The average Bonchev–Trinajstić information content (AvgIpc) is 2.76. The number of halogens is 2. The lowest BCUT2D eigenvalue weighted by molar-refractivity contribution is -0.118. The van der Waals surface area contributed by atoms with Gasteiger partial charge in [0, 0.05) is 12.2 Å². The third-order valence-electron chi connectivity index (χ3n) is 4.06. The second-order valence-corrected chi connectivity index (χ2v) is 7.51. The first-order valence-electron chi connectivity index (χ1n) is 9.40. The number of hydrogen-bond donors (Lipinski definition) is 2. The van der Waals surface area contributed by atoms with E-state index in [1.165, 1.54) is 48.2 Å². The van der Waals surface area contributed by atoms with E-state index in [9.17, 15) is 18.4 Å². The van der Waals surface area contributed by atoms with Gasteiger partial charge in [-0.25, -0.2) is 8.78 Å². The summed E-state index contributed by atoms with van der Waals surface area (Å²) < 4.78 is 31.4. The van der Waals surface area contributed by atoms with Gasteiger partial charge in [-0.05, 0) is 66.2 Å². The largest absolute Gasteiger partial charge is 0.457 e. The molecular weight excluding hydrogens is 422 g/mol. The molecule has 0 aliphatic rings. The predicted octanol–water partition coefficient (Wildman–Crippen LogP) is 4.75. The minimum absolute atomic E-state index is 0.111. The summed E-state index contributed by atoms with van der Waals surface area (Å²) in [7, 11) is 0. The Hall–Kier alpha value is -3.39. The molecule has 3 aromatic carbocycles. The van der Waals surface area contributed by atoms with Gasteiger partial charge in [0.15, 0.2) is 0 Å². The van der Waals surface area contributed by atoms with Crippen molar-refractivity contribution in [1.82, 2.24) is 5.32 Å². The Morgan fingerprint density at radius 3 is 1.87 bits per heavy atom. The van der Waals surface area contributed by atoms with E-state index in [2.05, 4.69) is 10.6 Å². The molecule has 0 spiro atoms. The molecule has 3 aromatic rings. The molecule has 2 amide bonds. The minimum atomic E-state index is -0.376. The Morgan fingerprint density at radius 2 is 1.26 bits per heavy atom. The van der Waals surface area contributed by atoms with Crippen molar-refractivity contribution in [3.05, 3.63) is 90.0 Å². The molecule has 0 aliphatic heterocycles. The van der Waals surface area contributed by atoms with Gasteiger partial charge in [0.05, 0.1) is 11.5 Å². The molecule has 0 aromatic heterocycles. The van der Waals surface area contributed by atoms with E-state index in [-0.39, 0.29) is 35.0 Å². The topological polar surface area (TPSA) is 67.4 Å². The van der Waals surface area contributed by atoms with Crippen molar-refractivity contribution in [2.45, 2.75) is 6.54 Å². The van der Waals surface area contributed by atoms with Crippen molar-refractivity contribution in [1.29, 1.82) is 0 Å². The van der Waals surface area contributed by atoms with Gasteiger partial charge in [0.1, 0.15) is 23.1 Å². The Morgan fingerprint density at radius 1 is 0.742 bits per heavy atom. The van der Waals surface area contributed by atoms with Crippen LogP contribution in [0, 0.1) is 11.6 Å². The van der Waals surface area contributed by atoms with Crippen LogP contribution in [0.25, 0.3) is 0 Å². The van der Waals surface area contributed by atoms with E-state index in [0.717, 1.165) is 5.56 Å². The van der Waals surface area contributed by atoms with Crippen LogP contribution in [0.3, 0.4) is 0 Å². The second kappa shape index (κ2) is 11.1. The van der Waals surface area contributed by atoms with Gasteiger partial charge in [-0.3, -0.25) is 9.59 Å². The minimum Gasteiger partial charge on any atom is -0.457 e. The number of rotatable bonds is 9. The maximum Gasteiger partial charge on any atom is 0.234 e. The van der Waals surface area contributed by atoms with Crippen LogP contribution in [0.5, 0.6) is 11.5 Å². The maximum absolute atomic E-state index is 12.9. The summed E-state index contributed by atoms with van der Waals surface area (Å²) in [5, 5.41) is 5.43. The van der Waals surface area contributed by atoms with Crippen LogP contribution in [-0.2, 0) is 16.1 Å². The maximum atomic E-state index is 12.9. The molecule has 8 heteroatoms. The third-order valence-corrected chi connectivity index (χ3v) is 4.99. The Labute approximate surface area is 182 Å². The summed E-state index contributed by atoms with van der Waals surface area (Å²) in [4.78, 5) is 23.8. The number of thioether (sulfide) groups is 1. The highest BCUT2D eigenvalue weighted by Gasteiger charge is 2.07. The second-order valence-electron chi connectivity index (χ2n) is 6.52. The van der Waals surface area contributed by atoms with Crippen LogP contribution in [0.15, 0.2) is 72.8 Å². The van der Waals surface area contributed by atoms with E-state index in [0.29, 0.717) is 23.7 Å². The summed E-state index contributed by atoms with van der Waals surface area (Å²) in [5.41, 5.74) is 1.39. The fraction of sp³-hybridized carbons (Fsp3) is 0.130. The highest BCUT2D eigenvalue weighted by molar-refractivity contribution is 8.00. The molecule has 0 aliphatic carbocycles. The van der Waals surface area contributed by atoms with E-state index in [1.807, 2.05) is 12.1 Å². The molecule has 0 unspecified atom stereocenters. The van der Waals surface area contributed by atoms with Gasteiger partial charge >= 0.3 is 0 Å². The molecular formula is C23H20F2N2O3S. The average molecular weight is 442 g/mol. The fourth-order valence-electron chi connectivity index (χ4n) is 2.53. The summed E-state index contributed by atoms with van der Waals surface area (Å²) >= 11 is 1.19. The molecule has 0 fully saturated rings. The molecule has 0 atom stereocenters. The van der Waals surface area contributed by atoms with Crippen LogP contribution in [0.2, 0.25) is 0 Å². The van der Waals surface area contributed by atoms with Gasteiger partial charge in [-0.1, -0.05) is 12.1 Å². The predicted molar refractivity (Wildman–Crippen MR) is 117 cm³/mol. The zero-order chi connectivity index (χ0) is 22.1. The first kappa shape index (κ1) is 22.3. The van der Waals surface area contributed by atoms with Gasteiger partial charge in [-0.15, -0.1) is 11.8 Å². The number of amides is 2. The third kappa shape index (κ3) is 7.75. The van der Waals surface area contributed by atoms with Gasteiger partial charge in [0.2, 0.25) is 11.8 Å². The van der Waals surface area contributed by atoms with Gasteiger partial charge in [0.25, 0.3) is 0 Å². The highest BCUT2D eigenvalue weighted by atomic mass is 32.2. The van der Waals surface area contributed by atoms with E-state index in [1.54, 1.807) is 24.3 Å². The number of hydrogen-bond acceptors (Lipinski definition) is 4.